The number of hydrogen-bond acceptors (Lipinski definition) is 4. The molecule has 2 heterocycles. The maximum Gasteiger partial charge on any atom is 0.254 e. The quantitative estimate of drug-likeness (QED) is 0.823. The van der Waals surface area contributed by atoms with E-state index < -0.39 is 0 Å². The normalized spacial score (nSPS) is 9.61. The molecule has 0 aliphatic carbocycles. The van der Waals surface area contributed by atoms with Crippen LogP contribution in [0.1, 0.15) is 20.1 Å². The van der Waals surface area contributed by atoms with Crippen LogP contribution in [0.3, 0.4) is 0 Å². The lowest BCUT2D eigenvalue weighted by Gasteiger charge is -2.00. The van der Waals surface area contributed by atoms with Gasteiger partial charge in [-0.25, -0.2) is 0 Å². The molecular formula is C13H12N2O2S. The van der Waals surface area contributed by atoms with Gasteiger partial charge in [-0.15, -0.1) is 11.3 Å². The predicted molar refractivity (Wildman–Crippen MR) is 70.1 cm³/mol. The molecule has 2 rings (SSSR count). The van der Waals surface area contributed by atoms with Gasteiger partial charge in [0.15, 0.2) is 0 Å². The molecule has 5 heteroatoms. The first kappa shape index (κ1) is 12.4. The molecule has 0 saturated heterocycles. The summed E-state index contributed by atoms with van der Waals surface area (Å²) in [5.74, 6) is 5.60. The molecule has 4 nitrogen and oxygen atoms in total. The highest BCUT2D eigenvalue weighted by atomic mass is 32.1. The largest absolute Gasteiger partial charge is 0.472 e. The van der Waals surface area contributed by atoms with E-state index in [2.05, 4.69) is 17.2 Å². The molecule has 0 saturated carbocycles. The lowest BCUT2D eigenvalue weighted by Crippen LogP contribution is -2.21. The summed E-state index contributed by atoms with van der Waals surface area (Å²) in [6.07, 6.45) is 2.89. The smallest absolute Gasteiger partial charge is 0.254 e. The number of furan rings is 1. The van der Waals surface area contributed by atoms with Crippen LogP contribution in [0.25, 0.3) is 0 Å². The minimum Gasteiger partial charge on any atom is -0.472 e. The summed E-state index contributed by atoms with van der Waals surface area (Å²) in [5.41, 5.74) is 5.82. The first-order valence-corrected chi connectivity index (χ1v) is 6.19. The van der Waals surface area contributed by atoms with Crippen LogP contribution in [0.2, 0.25) is 0 Å². The number of amides is 1. The highest BCUT2D eigenvalue weighted by Gasteiger charge is 2.06. The number of nitrogens with two attached hydrogens (primary N) is 1. The lowest BCUT2D eigenvalue weighted by molar-refractivity contribution is 0.0950. The third kappa shape index (κ3) is 3.23. The zero-order chi connectivity index (χ0) is 12.8. The number of rotatable bonds is 3. The second-order valence-electron chi connectivity index (χ2n) is 3.47. The number of carbonyl (C=O) groups excluding carboxylic acids is 1. The summed E-state index contributed by atoms with van der Waals surface area (Å²) in [5, 5.41) is 2.81. The molecule has 0 aliphatic rings. The van der Waals surface area contributed by atoms with Crippen molar-refractivity contribution in [1.82, 2.24) is 5.32 Å². The van der Waals surface area contributed by atoms with E-state index in [4.69, 9.17) is 10.2 Å². The maximum atomic E-state index is 11.6. The summed E-state index contributed by atoms with van der Waals surface area (Å²) in [6.45, 7) is 0.837. The van der Waals surface area contributed by atoms with Gasteiger partial charge in [0.1, 0.15) is 6.26 Å². The Bertz CT molecular complexity index is 576. The van der Waals surface area contributed by atoms with E-state index in [-0.39, 0.29) is 5.91 Å². The van der Waals surface area contributed by atoms with E-state index in [1.807, 2.05) is 12.1 Å². The van der Waals surface area contributed by atoms with E-state index in [0.717, 1.165) is 9.75 Å². The number of carbonyl (C=O) groups is 1. The monoisotopic (exact) mass is 260 g/mol. The summed E-state index contributed by atoms with van der Waals surface area (Å²) in [4.78, 5) is 13.6. The van der Waals surface area contributed by atoms with E-state index in [1.165, 1.54) is 12.5 Å². The summed E-state index contributed by atoms with van der Waals surface area (Å²) in [6, 6.07) is 5.50. The first-order valence-electron chi connectivity index (χ1n) is 5.37. The van der Waals surface area contributed by atoms with Crippen LogP contribution >= 0.6 is 11.3 Å². The van der Waals surface area contributed by atoms with Gasteiger partial charge in [0.05, 0.1) is 29.8 Å². The molecule has 92 valence electrons. The van der Waals surface area contributed by atoms with Gasteiger partial charge in [-0.1, -0.05) is 11.8 Å². The molecule has 2 aromatic heterocycles. The van der Waals surface area contributed by atoms with Gasteiger partial charge in [0, 0.05) is 4.88 Å². The van der Waals surface area contributed by atoms with E-state index in [0.29, 0.717) is 18.7 Å². The third-order valence-electron chi connectivity index (χ3n) is 2.18. The molecule has 1 amide bonds. The zero-order valence-electron chi connectivity index (χ0n) is 9.60. The Labute approximate surface area is 109 Å². The minimum absolute atomic E-state index is 0.147. The van der Waals surface area contributed by atoms with Crippen LogP contribution in [-0.2, 0) is 6.54 Å². The Kier molecular flexibility index (Phi) is 4.18. The van der Waals surface area contributed by atoms with Crippen molar-refractivity contribution < 1.29 is 9.21 Å². The van der Waals surface area contributed by atoms with E-state index in [1.54, 1.807) is 17.4 Å². The van der Waals surface area contributed by atoms with Crippen LogP contribution in [-0.4, -0.2) is 12.5 Å². The Morgan fingerprint density at radius 3 is 3.06 bits per heavy atom. The summed E-state index contributed by atoms with van der Waals surface area (Å²) >= 11 is 1.54. The minimum atomic E-state index is -0.147. The van der Waals surface area contributed by atoms with Crippen molar-refractivity contribution in [2.75, 3.05) is 6.54 Å². The van der Waals surface area contributed by atoms with Crippen LogP contribution in [0, 0.1) is 11.8 Å². The maximum absolute atomic E-state index is 11.6. The van der Waals surface area contributed by atoms with E-state index in [9.17, 15) is 4.79 Å². The molecule has 0 spiro atoms. The molecule has 0 fully saturated rings. The van der Waals surface area contributed by atoms with Crippen molar-refractivity contribution in [3.63, 3.8) is 0 Å². The van der Waals surface area contributed by atoms with Crippen LogP contribution < -0.4 is 11.1 Å². The molecule has 18 heavy (non-hydrogen) atoms. The van der Waals surface area contributed by atoms with Crippen molar-refractivity contribution in [2.24, 2.45) is 5.73 Å². The summed E-state index contributed by atoms with van der Waals surface area (Å²) in [7, 11) is 0. The molecular weight excluding hydrogens is 248 g/mol. The second kappa shape index (κ2) is 6.05. The van der Waals surface area contributed by atoms with Crippen molar-refractivity contribution in [3.05, 3.63) is 46.0 Å². The van der Waals surface area contributed by atoms with E-state index >= 15 is 0 Å². The fourth-order valence-electron chi connectivity index (χ4n) is 1.34. The van der Waals surface area contributed by atoms with Crippen molar-refractivity contribution in [2.45, 2.75) is 6.54 Å². The van der Waals surface area contributed by atoms with Gasteiger partial charge in [-0.3, -0.25) is 4.79 Å². The molecule has 0 aliphatic heterocycles. The van der Waals surface area contributed by atoms with Crippen molar-refractivity contribution in [3.8, 4) is 11.8 Å². The van der Waals surface area contributed by atoms with Crippen LogP contribution in [0.15, 0.2) is 35.1 Å². The molecule has 3 N–H and O–H groups in total. The fourth-order valence-corrected chi connectivity index (χ4v) is 2.16. The standard InChI is InChI=1S/C13H12N2O2S/c14-6-1-2-11-3-4-12(18-11)8-15-13(16)10-5-7-17-9-10/h3-5,7,9H,6,8,14H2,(H,15,16). The van der Waals surface area contributed by atoms with Gasteiger partial charge in [0.2, 0.25) is 0 Å². The van der Waals surface area contributed by atoms with Gasteiger partial charge in [-0.05, 0) is 18.2 Å². The van der Waals surface area contributed by atoms with Gasteiger partial charge < -0.3 is 15.5 Å². The third-order valence-corrected chi connectivity index (χ3v) is 3.18. The Balaban J connectivity index is 1.90. The van der Waals surface area contributed by atoms with Crippen LogP contribution in [0.5, 0.6) is 0 Å². The van der Waals surface area contributed by atoms with Crippen molar-refractivity contribution >= 4 is 17.2 Å². The fraction of sp³-hybridized carbons (Fsp3) is 0.154. The lowest BCUT2D eigenvalue weighted by atomic mass is 10.3. The van der Waals surface area contributed by atoms with Crippen molar-refractivity contribution in [1.29, 1.82) is 0 Å². The van der Waals surface area contributed by atoms with Gasteiger partial charge in [0.25, 0.3) is 5.91 Å². The summed E-state index contributed by atoms with van der Waals surface area (Å²) < 4.78 is 4.85. The second-order valence-corrected chi connectivity index (χ2v) is 4.63. The van der Waals surface area contributed by atoms with Gasteiger partial charge >= 0.3 is 0 Å². The number of nitrogens with one attached hydrogen (secondary N) is 1. The predicted octanol–water partition coefficient (Wildman–Crippen LogP) is 1.58. The topological polar surface area (TPSA) is 68.3 Å². The molecule has 0 bridgehead atoms. The highest BCUT2D eigenvalue weighted by molar-refractivity contribution is 7.12. The number of thiophene rings is 1. The zero-order valence-corrected chi connectivity index (χ0v) is 10.4. The average Bonchev–Trinajstić information content (AvgIpc) is 3.04. The first-order chi connectivity index (χ1) is 8.79. The SMILES string of the molecule is NCC#Cc1ccc(CNC(=O)c2ccoc2)s1. The number of hydrogen-bond donors (Lipinski definition) is 2. The molecule has 2 aromatic rings. The molecule has 0 aromatic carbocycles. The Morgan fingerprint density at radius 2 is 2.33 bits per heavy atom. The van der Waals surface area contributed by atoms with Gasteiger partial charge in [-0.2, -0.15) is 0 Å². The van der Waals surface area contributed by atoms with Crippen LogP contribution in [0.4, 0.5) is 0 Å². The molecule has 0 unspecified atom stereocenters. The molecule has 0 atom stereocenters. The Hall–Kier alpha value is -2.03. The average molecular weight is 260 g/mol. The highest BCUT2D eigenvalue weighted by Crippen LogP contribution is 2.15. The Morgan fingerprint density at radius 1 is 1.44 bits per heavy atom. The molecule has 0 radical (unpaired) electrons.